The lowest BCUT2D eigenvalue weighted by Gasteiger charge is -2.43. The van der Waals surface area contributed by atoms with Crippen LogP contribution in [0.5, 0.6) is 0 Å². The van der Waals surface area contributed by atoms with E-state index in [4.69, 9.17) is 0 Å². The quantitative estimate of drug-likeness (QED) is 0.794. The first-order valence-corrected chi connectivity index (χ1v) is 7.60. The molecule has 1 N–H and O–H groups in total. The third-order valence-corrected chi connectivity index (χ3v) is 4.34. The molecule has 1 rings (SSSR count). The van der Waals surface area contributed by atoms with Gasteiger partial charge in [-0.2, -0.15) is 5.26 Å². The Morgan fingerprint density at radius 3 is 2.58 bits per heavy atom. The largest absolute Gasteiger partial charge is 0.300 e. The summed E-state index contributed by atoms with van der Waals surface area (Å²) < 4.78 is 0. The van der Waals surface area contributed by atoms with Crippen LogP contribution >= 0.6 is 0 Å². The third kappa shape index (κ3) is 4.45. The van der Waals surface area contributed by atoms with Gasteiger partial charge in [0, 0.05) is 31.7 Å². The maximum absolute atomic E-state index is 9.36. The molecule has 0 aliphatic carbocycles. The summed E-state index contributed by atoms with van der Waals surface area (Å²) in [5, 5.41) is 12.7. The molecule has 1 fully saturated rings. The van der Waals surface area contributed by atoms with Gasteiger partial charge in [-0.15, -0.1) is 0 Å². The highest BCUT2D eigenvalue weighted by molar-refractivity contribution is 5.05. The van der Waals surface area contributed by atoms with Gasteiger partial charge in [0.2, 0.25) is 0 Å². The van der Waals surface area contributed by atoms with E-state index in [2.05, 4.69) is 48.9 Å². The second-order valence-corrected chi connectivity index (χ2v) is 6.00. The van der Waals surface area contributed by atoms with Gasteiger partial charge >= 0.3 is 0 Å². The number of hydrogen-bond donors (Lipinski definition) is 1. The monoisotopic (exact) mass is 266 g/mol. The van der Waals surface area contributed by atoms with Crippen LogP contribution in [-0.4, -0.2) is 60.1 Å². The molecule has 1 saturated heterocycles. The van der Waals surface area contributed by atoms with E-state index in [1.165, 1.54) is 0 Å². The van der Waals surface area contributed by atoms with Crippen LogP contribution in [0.15, 0.2) is 0 Å². The molecular weight excluding hydrogens is 236 g/mol. The van der Waals surface area contributed by atoms with Crippen LogP contribution in [0, 0.1) is 11.3 Å². The summed E-state index contributed by atoms with van der Waals surface area (Å²) in [6.07, 6.45) is 0.885. The minimum Gasteiger partial charge on any atom is -0.300 e. The lowest BCUT2D eigenvalue weighted by atomic mass is 9.93. The molecule has 3 unspecified atom stereocenters. The summed E-state index contributed by atoms with van der Waals surface area (Å²) in [5.41, 5.74) is -0.403. The SMILES string of the molecule is CCNC(C)(C#N)CC(C)N1CCN(CC)C(C)C1. The average Bonchev–Trinajstić information content (AvgIpc) is 2.38. The van der Waals surface area contributed by atoms with Crippen molar-refractivity contribution in [2.75, 3.05) is 32.7 Å². The van der Waals surface area contributed by atoms with Crippen molar-refractivity contribution in [3.05, 3.63) is 0 Å². The molecule has 0 aromatic carbocycles. The average molecular weight is 266 g/mol. The molecule has 4 heteroatoms. The smallest absolute Gasteiger partial charge is 0.105 e. The van der Waals surface area contributed by atoms with Crippen LogP contribution in [-0.2, 0) is 0 Å². The van der Waals surface area contributed by atoms with Crippen LogP contribution in [0.2, 0.25) is 0 Å². The molecule has 0 radical (unpaired) electrons. The molecule has 3 atom stereocenters. The zero-order chi connectivity index (χ0) is 14.5. The molecule has 0 saturated carbocycles. The van der Waals surface area contributed by atoms with Crippen LogP contribution in [0.25, 0.3) is 0 Å². The minimum absolute atomic E-state index is 0.403. The fraction of sp³-hybridized carbons (Fsp3) is 0.933. The Morgan fingerprint density at radius 2 is 2.11 bits per heavy atom. The van der Waals surface area contributed by atoms with Gasteiger partial charge in [0.15, 0.2) is 0 Å². The van der Waals surface area contributed by atoms with Crippen molar-refractivity contribution in [2.24, 2.45) is 0 Å². The predicted molar refractivity (Wildman–Crippen MR) is 80.1 cm³/mol. The summed E-state index contributed by atoms with van der Waals surface area (Å²) in [6.45, 7) is 16.2. The number of rotatable bonds is 6. The van der Waals surface area contributed by atoms with E-state index < -0.39 is 5.54 Å². The number of nitrogens with one attached hydrogen (secondary N) is 1. The normalized spacial score (nSPS) is 26.6. The Labute approximate surface area is 118 Å². The molecule has 0 bridgehead atoms. The Bertz CT molecular complexity index is 312. The van der Waals surface area contributed by atoms with E-state index in [-0.39, 0.29) is 0 Å². The molecule has 110 valence electrons. The van der Waals surface area contributed by atoms with Crippen LogP contribution < -0.4 is 5.32 Å². The van der Waals surface area contributed by atoms with Gasteiger partial charge < -0.3 is 0 Å². The first kappa shape index (κ1) is 16.4. The molecule has 0 spiro atoms. The standard InChI is InChI=1S/C15H30N4/c1-6-17-15(5,12-16)10-13(3)19-9-8-18(7-2)14(4)11-19/h13-14,17H,6-11H2,1-5H3. The Hall–Kier alpha value is -0.630. The van der Waals surface area contributed by atoms with Crippen molar-refractivity contribution in [2.45, 2.75) is 58.7 Å². The van der Waals surface area contributed by atoms with Gasteiger partial charge in [0.25, 0.3) is 0 Å². The topological polar surface area (TPSA) is 42.3 Å². The number of nitriles is 1. The molecule has 1 aliphatic rings. The van der Waals surface area contributed by atoms with Crippen LogP contribution in [0.4, 0.5) is 0 Å². The van der Waals surface area contributed by atoms with Gasteiger partial charge in [0.05, 0.1) is 6.07 Å². The molecule has 19 heavy (non-hydrogen) atoms. The number of hydrogen-bond acceptors (Lipinski definition) is 4. The summed E-state index contributed by atoms with van der Waals surface area (Å²) in [7, 11) is 0. The lowest BCUT2D eigenvalue weighted by molar-refractivity contribution is 0.0557. The predicted octanol–water partition coefficient (Wildman–Crippen LogP) is 1.68. The second-order valence-electron chi connectivity index (χ2n) is 6.00. The van der Waals surface area contributed by atoms with E-state index >= 15 is 0 Å². The van der Waals surface area contributed by atoms with Crippen molar-refractivity contribution < 1.29 is 0 Å². The summed E-state index contributed by atoms with van der Waals surface area (Å²) in [4.78, 5) is 5.06. The zero-order valence-electron chi connectivity index (χ0n) is 13.2. The van der Waals surface area contributed by atoms with Crippen LogP contribution in [0.1, 0.15) is 41.0 Å². The fourth-order valence-corrected chi connectivity index (χ4v) is 3.16. The number of likely N-dealkylation sites (N-methyl/N-ethyl adjacent to an activating group) is 1. The number of nitrogens with zero attached hydrogens (tertiary/aromatic N) is 3. The highest BCUT2D eigenvalue weighted by Gasteiger charge is 2.31. The van der Waals surface area contributed by atoms with Crippen LogP contribution in [0.3, 0.4) is 0 Å². The molecule has 4 nitrogen and oxygen atoms in total. The number of piperazine rings is 1. The Balaban J connectivity index is 2.55. The van der Waals surface area contributed by atoms with E-state index in [1.807, 2.05) is 6.92 Å². The molecule has 1 aliphatic heterocycles. The van der Waals surface area contributed by atoms with Gasteiger partial charge in [-0.3, -0.25) is 15.1 Å². The van der Waals surface area contributed by atoms with Gasteiger partial charge in [-0.1, -0.05) is 13.8 Å². The molecule has 0 aromatic rings. The first-order chi connectivity index (χ1) is 8.95. The summed E-state index contributed by atoms with van der Waals surface area (Å²) in [5.74, 6) is 0. The first-order valence-electron chi connectivity index (χ1n) is 7.60. The van der Waals surface area contributed by atoms with Crippen molar-refractivity contribution in [3.63, 3.8) is 0 Å². The highest BCUT2D eigenvalue weighted by atomic mass is 15.3. The highest BCUT2D eigenvalue weighted by Crippen LogP contribution is 2.19. The zero-order valence-corrected chi connectivity index (χ0v) is 13.2. The maximum atomic E-state index is 9.36. The second kappa shape index (κ2) is 7.23. The molecule has 0 amide bonds. The van der Waals surface area contributed by atoms with E-state index in [1.54, 1.807) is 0 Å². The van der Waals surface area contributed by atoms with E-state index in [0.29, 0.717) is 12.1 Å². The van der Waals surface area contributed by atoms with Crippen molar-refractivity contribution in [3.8, 4) is 6.07 Å². The Kier molecular flexibility index (Phi) is 6.25. The summed E-state index contributed by atoms with van der Waals surface area (Å²) in [6, 6.07) is 3.50. The fourth-order valence-electron chi connectivity index (χ4n) is 3.16. The summed E-state index contributed by atoms with van der Waals surface area (Å²) >= 11 is 0. The minimum atomic E-state index is -0.403. The van der Waals surface area contributed by atoms with Gasteiger partial charge in [-0.25, -0.2) is 0 Å². The van der Waals surface area contributed by atoms with E-state index in [9.17, 15) is 5.26 Å². The van der Waals surface area contributed by atoms with E-state index in [0.717, 1.165) is 39.1 Å². The molecular formula is C15H30N4. The van der Waals surface area contributed by atoms with Crippen molar-refractivity contribution in [1.82, 2.24) is 15.1 Å². The lowest BCUT2D eigenvalue weighted by Crippen LogP contribution is -2.56. The third-order valence-electron chi connectivity index (χ3n) is 4.34. The van der Waals surface area contributed by atoms with Crippen molar-refractivity contribution >= 4 is 0 Å². The van der Waals surface area contributed by atoms with Crippen molar-refractivity contribution in [1.29, 1.82) is 5.26 Å². The maximum Gasteiger partial charge on any atom is 0.105 e. The van der Waals surface area contributed by atoms with Gasteiger partial charge in [-0.05, 0) is 40.3 Å². The molecule has 1 heterocycles. The molecule has 0 aromatic heterocycles. The Morgan fingerprint density at radius 1 is 1.42 bits per heavy atom. The van der Waals surface area contributed by atoms with Gasteiger partial charge in [0.1, 0.15) is 5.54 Å².